The molecule has 2 aliphatic rings. The molecule has 1 heterocycles. The lowest BCUT2D eigenvalue weighted by Gasteiger charge is -2.43. The third-order valence-electron chi connectivity index (χ3n) is 7.05. The number of hydrogen-bond acceptors (Lipinski definition) is 7. The number of sulfone groups is 1. The number of hydrogen-bond donors (Lipinski definition) is 2. The summed E-state index contributed by atoms with van der Waals surface area (Å²) in [6, 6.07) is 3.92. The lowest BCUT2D eigenvalue weighted by atomic mass is 9.68. The van der Waals surface area contributed by atoms with Crippen LogP contribution in [0, 0.1) is 5.41 Å². The SMILES string of the molecule is CO[C@@H](C)[C@H](C)NS(=O)(=O)c1cc(S(C)(=O)=O)ccc1NC1CCC2(CCOCC2)CC1. The van der Waals surface area contributed by atoms with Crippen molar-refractivity contribution in [3.8, 4) is 0 Å². The van der Waals surface area contributed by atoms with E-state index in [1.54, 1.807) is 19.9 Å². The number of sulfonamides is 1. The van der Waals surface area contributed by atoms with E-state index in [2.05, 4.69) is 10.0 Å². The van der Waals surface area contributed by atoms with Crippen molar-refractivity contribution in [1.82, 2.24) is 4.72 Å². The summed E-state index contributed by atoms with van der Waals surface area (Å²) in [6.45, 7) is 5.12. The van der Waals surface area contributed by atoms with Gasteiger partial charge in [-0.3, -0.25) is 0 Å². The maximum atomic E-state index is 13.2. The number of rotatable bonds is 8. The van der Waals surface area contributed by atoms with Crippen LogP contribution in [0.5, 0.6) is 0 Å². The fourth-order valence-electron chi connectivity index (χ4n) is 4.58. The van der Waals surface area contributed by atoms with Gasteiger partial charge in [0.1, 0.15) is 4.90 Å². The lowest BCUT2D eigenvalue weighted by Crippen LogP contribution is -2.41. The van der Waals surface area contributed by atoms with Crippen LogP contribution in [0.1, 0.15) is 52.4 Å². The van der Waals surface area contributed by atoms with E-state index < -0.39 is 25.9 Å². The highest BCUT2D eigenvalue weighted by molar-refractivity contribution is 7.91. The van der Waals surface area contributed by atoms with Crippen molar-refractivity contribution >= 4 is 25.5 Å². The molecule has 1 spiro atoms. The number of ether oxygens (including phenoxy) is 2. The van der Waals surface area contributed by atoms with Gasteiger partial charge in [-0.15, -0.1) is 0 Å². The average Bonchev–Trinajstić information content (AvgIpc) is 2.74. The Kier molecular flexibility index (Phi) is 7.92. The van der Waals surface area contributed by atoms with Crippen molar-refractivity contribution < 1.29 is 26.3 Å². The van der Waals surface area contributed by atoms with Gasteiger partial charge in [-0.05, 0) is 76.0 Å². The highest BCUT2D eigenvalue weighted by Crippen LogP contribution is 2.44. The molecule has 2 atom stereocenters. The molecule has 0 radical (unpaired) electrons. The first kappa shape index (κ1) is 25.4. The Morgan fingerprint density at radius 3 is 2.25 bits per heavy atom. The molecule has 1 aliphatic carbocycles. The van der Waals surface area contributed by atoms with E-state index in [4.69, 9.17) is 9.47 Å². The van der Waals surface area contributed by atoms with Gasteiger partial charge < -0.3 is 14.8 Å². The van der Waals surface area contributed by atoms with Crippen LogP contribution >= 0.6 is 0 Å². The molecule has 8 nitrogen and oxygen atoms in total. The zero-order valence-electron chi connectivity index (χ0n) is 19.4. The molecular formula is C22H36N2O6S2. The van der Waals surface area contributed by atoms with Crippen molar-refractivity contribution in [3.05, 3.63) is 18.2 Å². The van der Waals surface area contributed by atoms with Gasteiger partial charge in [0.05, 0.1) is 16.7 Å². The molecule has 1 aliphatic heterocycles. The van der Waals surface area contributed by atoms with E-state index in [-0.39, 0.29) is 21.9 Å². The number of nitrogens with one attached hydrogen (secondary N) is 2. The van der Waals surface area contributed by atoms with E-state index in [0.29, 0.717) is 11.1 Å². The quantitative estimate of drug-likeness (QED) is 0.579. The molecule has 1 aromatic carbocycles. The largest absolute Gasteiger partial charge is 0.381 e. The van der Waals surface area contributed by atoms with Crippen molar-refractivity contribution in [1.29, 1.82) is 0 Å². The molecule has 3 rings (SSSR count). The third kappa shape index (κ3) is 6.02. The van der Waals surface area contributed by atoms with Gasteiger partial charge in [0.2, 0.25) is 10.0 Å². The Morgan fingerprint density at radius 1 is 1.06 bits per heavy atom. The van der Waals surface area contributed by atoms with Crippen molar-refractivity contribution in [2.45, 2.75) is 80.4 Å². The fourth-order valence-corrected chi connectivity index (χ4v) is 6.81. The zero-order chi connectivity index (χ0) is 23.6. The fraction of sp³-hybridized carbons (Fsp3) is 0.727. The molecule has 2 N–H and O–H groups in total. The lowest BCUT2D eigenvalue weighted by molar-refractivity contribution is -0.00627. The van der Waals surface area contributed by atoms with Crippen LogP contribution in [0.25, 0.3) is 0 Å². The van der Waals surface area contributed by atoms with Crippen LogP contribution in [0.3, 0.4) is 0 Å². The Bertz CT molecular complexity index is 993. The molecule has 0 bridgehead atoms. The predicted octanol–water partition coefficient (Wildman–Crippen LogP) is 2.94. The summed E-state index contributed by atoms with van der Waals surface area (Å²) >= 11 is 0. The molecule has 0 amide bonds. The van der Waals surface area contributed by atoms with E-state index in [9.17, 15) is 16.8 Å². The normalized spacial score (nSPS) is 21.9. The van der Waals surface area contributed by atoms with Crippen LogP contribution in [-0.2, 0) is 29.3 Å². The topological polar surface area (TPSA) is 111 Å². The van der Waals surface area contributed by atoms with Gasteiger partial charge in [0, 0.05) is 38.7 Å². The van der Waals surface area contributed by atoms with E-state index >= 15 is 0 Å². The van der Waals surface area contributed by atoms with Crippen LogP contribution in [0.2, 0.25) is 0 Å². The zero-order valence-corrected chi connectivity index (χ0v) is 21.0. The van der Waals surface area contributed by atoms with Crippen molar-refractivity contribution in [3.63, 3.8) is 0 Å². The molecule has 0 unspecified atom stereocenters. The maximum Gasteiger partial charge on any atom is 0.242 e. The van der Waals surface area contributed by atoms with E-state index in [1.807, 2.05) is 0 Å². The van der Waals surface area contributed by atoms with Gasteiger partial charge in [-0.1, -0.05) is 0 Å². The smallest absolute Gasteiger partial charge is 0.242 e. The summed E-state index contributed by atoms with van der Waals surface area (Å²) < 4.78 is 64.0. The molecule has 1 saturated carbocycles. The molecule has 1 aromatic rings. The summed E-state index contributed by atoms with van der Waals surface area (Å²) in [7, 11) is -6.02. The summed E-state index contributed by atoms with van der Waals surface area (Å²) in [5.41, 5.74) is 0.772. The van der Waals surface area contributed by atoms with E-state index in [1.165, 1.54) is 19.2 Å². The highest BCUT2D eigenvalue weighted by Gasteiger charge is 2.37. The Hall–Kier alpha value is -1.20. The van der Waals surface area contributed by atoms with Gasteiger partial charge in [0.25, 0.3) is 0 Å². The second-order valence-electron chi connectivity index (χ2n) is 9.31. The molecule has 2 fully saturated rings. The summed E-state index contributed by atoms with van der Waals surface area (Å²) in [4.78, 5) is -0.0809. The maximum absolute atomic E-state index is 13.2. The van der Waals surface area contributed by atoms with E-state index in [0.717, 1.165) is 58.0 Å². The standard InChI is InChI=1S/C22H36N2O6S2/c1-16(17(2)29-3)24-32(27,28)21-15-19(31(4,25)26)5-6-20(21)23-18-7-9-22(10-8-18)11-13-30-14-12-22/h5-6,15-18,23-24H,7-14H2,1-4H3/t16-,17-/m0/s1. The predicted molar refractivity (Wildman–Crippen MR) is 124 cm³/mol. The third-order valence-corrected chi connectivity index (χ3v) is 9.76. The number of anilines is 1. The van der Waals surface area contributed by atoms with Gasteiger partial charge in [0.15, 0.2) is 9.84 Å². The number of benzene rings is 1. The minimum Gasteiger partial charge on any atom is -0.381 e. The second kappa shape index (κ2) is 9.97. The summed E-state index contributed by atoms with van der Waals surface area (Å²) in [5, 5.41) is 3.40. The van der Waals surface area contributed by atoms with Crippen LogP contribution in [0.15, 0.2) is 28.0 Å². The van der Waals surface area contributed by atoms with Crippen LogP contribution < -0.4 is 10.0 Å². The van der Waals surface area contributed by atoms with Crippen LogP contribution in [-0.4, -0.2) is 61.6 Å². The van der Waals surface area contributed by atoms with Gasteiger partial charge in [-0.25, -0.2) is 21.6 Å². The Morgan fingerprint density at radius 2 is 1.69 bits per heavy atom. The summed E-state index contributed by atoms with van der Waals surface area (Å²) in [6.07, 6.45) is 6.95. The minimum absolute atomic E-state index is 0.0272. The first-order valence-corrected chi connectivity index (χ1v) is 14.6. The Balaban J connectivity index is 1.84. The first-order valence-electron chi connectivity index (χ1n) is 11.2. The molecule has 0 aromatic heterocycles. The summed E-state index contributed by atoms with van der Waals surface area (Å²) in [5.74, 6) is 0. The molecule has 10 heteroatoms. The molecule has 1 saturated heterocycles. The monoisotopic (exact) mass is 488 g/mol. The average molecular weight is 489 g/mol. The molecule has 32 heavy (non-hydrogen) atoms. The van der Waals surface area contributed by atoms with Crippen molar-refractivity contribution in [2.24, 2.45) is 5.41 Å². The molecular weight excluding hydrogens is 452 g/mol. The number of methoxy groups -OCH3 is 1. The molecule has 182 valence electrons. The van der Waals surface area contributed by atoms with Crippen LogP contribution in [0.4, 0.5) is 5.69 Å². The van der Waals surface area contributed by atoms with Crippen molar-refractivity contribution in [2.75, 3.05) is 31.9 Å². The minimum atomic E-state index is -3.98. The Labute approximate surface area is 192 Å². The highest BCUT2D eigenvalue weighted by atomic mass is 32.2. The van der Waals surface area contributed by atoms with Gasteiger partial charge >= 0.3 is 0 Å². The first-order chi connectivity index (χ1) is 15.0. The second-order valence-corrected chi connectivity index (χ2v) is 13.0. The van der Waals surface area contributed by atoms with Gasteiger partial charge in [-0.2, -0.15) is 0 Å².